The van der Waals surface area contributed by atoms with E-state index in [1.807, 2.05) is 36.9 Å². The standard InChI is InChI=1S/C14H18BrN3O/c1-10-14(15)13(18(2)17-10)9-19-12-5-3-4-11(8-12)6-7-16/h3-5,8H,6-7,9,16H2,1-2H3. The van der Waals surface area contributed by atoms with Crippen LogP contribution in [0.5, 0.6) is 5.75 Å². The first-order valence-corrected chi connectivity index (χ1v) is 7.01. The van der Waals surface area contributed by atoms with Crippen LogP contribution in [0.15, 0.2) is 28.7 Å². The molecule has 2 rings (SSSR count). The Hall–Kier alpha value is -1.33. The minimum absolute atomic E-state index is 0.490. The summed E-state index contributed by atoms with van der Waals surface area (Å²) >= 11 is 3.53. The number of hydrogen-bond donors (Lipinski definition) is 1. The molecule has 1 aromatic heterocycles. The lowest BCUT2D eigenvalue weighted by Crippen LogP contribution is -2.05. The number of aromatic nitrogens is 2. The first-order chi connectivity index (χ1) is 9.11. The summed E-state index contributed by atoms with van der Waals surface area (Å²) in [5.74, 6) is 0.858. The van der Waals surface area contributed by atoms with Crippen molar-refractivity contribution < 1.29 is 4.74 Å². The van der Waals surface area contributed by atoms with Crippen molar-refractivity contribution in [2.75, 3.05) is 6.54 Å². The fraction of sp³-hybridized carbons (Fsp3) is 0.357. The third-order valence-electron chi connectivity index (χ3n) is 2.97. The molecule has 0 atom stereocenters. The largest absolute Gasteiger partial charge is 0.487 e. The van der Waals surface area contributed by atoms with Crippen LogP contribution in [-0.4, -0.2) is 16.3 Å². The molecule has 0 amide bonds. The van der Waals surface area contributed by atoms with E-state index in [1.54, 1.807) is 0 Å². The van der Waals surface area contributed by atoms with Gasteiger partial charge in [-0.3, -0.25) is 4.68 Å². The van der Waals surface area contributed by atoms with Crippen molar-refractivity contribution in [3.8, 4) is 5.75 Å². The molecular formula is C14H18BrN3O. The van der Waals surface area contributed by atoms with Gasteiger partial charge in [0.2, 0.25) is 0 Å². The van der Waals surface area contributed by atoms with Gasteiger partial charge in [0, 0.05) is 7.05 Å². The summed E-state index contributed by atoms with van der Waals surface area (Å²) in [4.78, 5) is 0. The zero-order valence-corrected chi connectivity index (χ0v) is 12.8. The van der Waals surface area contributed by atoms with Gasteiger partial charge in [-0.15, -0.1) is 0 Å². The van der Waals surface area contributed by atoms with E-state index in [0.29, 0.717) is 13.2 Å². The minimum atomic E-state index is 0.490. The SMILES string of the molecule is Cc1nn(C)c(COc2cccc(CCN)c2)c1Br. The van der Waals surface area contributed by atoms with Crippen LogP contribution < -0.4 is 10.5 Å². The van der Waals surface area contributed by atoms with Crippen molar-refractivity contribution in [2.24, 2.45) is 12.8 Å². The molecule has 19 heavy (non-hydrogen) atoms. The molecule has 0 unspecified atom stereocenters. The van der Waals surface area contributed by atoms with Crippen molar-refractivity contribution in [1.29, 1.82) is 0 Å². The Kier molecular flexibility index (Phi) is 4.61. The van der Waals surface area contributed by atoms with Crippen LogP contribution in [0.3, 0.4) is 0 Å². The van der Waals surface area contributed by atoms with Crippen LogP contribution in [0.2, 0.25) is 0 Å². The van der Waals surface area contributed by atoms with Crippen LogP contribution in [0.25, 0.3) is 0 Å². The van der Waals surface area contributed by atoms with Crippen molar-refractivity contribution in [3.63, 3.8) is 0 Å². The maximum atomic E-state index is 5.82. The number of benzene rings is 1. The Labute approximate surface area is 121 Å². The summed E-state index contributed by atoms with van der Waals surface area (Å²) in [5, 5.41) is 4.34. The van der Waals surface area contributed by atoms with Crippen LogP contribution in [0, 0.1) is 6.92 Å². The molecular weight excluding hydrogens is 306 g/mol. The van der Waals surface area contributed by atoms with Gasteiger partial charge >= 0.3 is 0 Å². The van der Waals surface area contributed by atoms with Gasteiger partial charge in [-0.25, -0.2) is 0 Å². The summed E-state index contributed by atoms with van der Waals surface area (Å²) in [7, 11) is 1.92. The monoisotopic (exact) mass is 323 g/mol. The van der Waals surface area contributed by atoms with Gasteiger partial charge in [-0.1, -0.05) is 12.1 Å². The molecule has 0 spiro atoms. The fourth-order valence-electron chi connectivity index (χ4n) is 1.95. The molecule has 1 aromatic carbocycles. The summed E-state index contributed by atoms with van der Waals surface area (Å²) in [6, 6.07) is 8.04. The summed E-state index contributed by atoms with van der Waals surface area (Å²) in [5.41, 5.74) is 8.75. The van der Waals surface area contributed by atoms with Gasteiger partial charge in [0.05, 0.1) is 15.9 Å². The molecule has 4 nitrogen and oxygen atoms in total. The summed E-state index contributed by atoms with van der Waals surface area (Å²) < 4.78 is 8.67. The molecule has 102 valence electrons. The number of rotatable bonds is 5. The Morgan fingerprint density at radius 3 is 2.84 bits per heavy atom. The van der Waals surface area contributed by atoms with Crippen LogP contribution in [0.1, 0.15) is 17.0 Å². The highest BCUT2D eigenvalue weighted by atomic mass is 79.9. The maximum absolute atomic E-state index is 5.82. The normalized spacial score (nSPS) is 10.7. The first-order valence-electron chi connectivity index (χ1n) is 6.21. The number of ether oxygens (including phenoxy) is 1. The second-order valence-electron chi connectivity index (χ2n) is 4.44. The third kappa shape index (κ3) is 3.36. The van der Waals surface area contributed by atoms with Crippen molar-refractivity contribution in [1.82, 2.24) is 9.78 Å². The van der Waals surface area contributed by atoms with Gasteiger partial charge in [0.1, 0.15) is 12.4 Å². The minimum Gasteiger partial charge on any atom is -0.487 e. The van der Waals surface area contributed by atoms with Gasteiger partial charge in [-0.2, -0.15) is 5.10 Å². The average molecular weight is 324 g/mol. The van der Waals surface area contributed by atoms with E-state index in [2.05, 4.69) is 27.1 Å². The highest BCUT2D eigenvalue weighted by molar-refractivity contribution is 9.10. The number of aryl methyl sites for hydroxylation is 2. The number of halogens is 1. The highest BCUT2D eigenvalue weighted by Gasteiger charge is 2.11. The third-order valence-corrected chi connectivity index (χ3v) is 4.00. The quantitative estimate of drug-likeness (QED) is 0.920. The molecule has 0 aliphatic heterocycles. The van der Waals surface area contributed by atoms with Crippen molar-refractivity contribution in [3.05, 3.63) is 45.7 Å². The Balaban J connectivity index is 2.08. The lowest BCUT2D eigenvalue weighted by atomic mass is 10.1. The number of nitrogens with two attached hydrogens (primary N) is 1. The lowest BCUT2D eigenvalue weighted by molar-refractivity contribution is 0.294. The smallest absolute Gasteiger partial charge is 0.131 e. The highest BCUT2D eigenvalue weighted by Crippen LogP contribution is 2.22. The van der Waals surface area contributed by atoms with Crippen molar-refractivity contribution in [2.45, 2.75) is 20.0 Å². The summed E-state index contributed by atoms with van der Waals surface area (Å²) in [6.45, 7) is 3.11. The maximum Gasteiger partial charge on any atom is 0.131 e. The second-order valence-corrected chi connectivity index (χ2v) is 5.24. The predicted molar refractivity (Wildman–Crippen MR) is 79.2 cm³/mol. The molecule has 2 N–H and O–H groups in total. The molecule has 1 heterocycles. The number of nitrogens with zero attached hydrogens (tertiary/aromatic N) is 2. The van der Waals surface area contributed by atoms with Gasteiger partial charge < -0.3 is 10.5 Å². The van der Waals surface area contributed by atoms with E-state index in [4.69, 9.17) is 10.5 Å². The Morgan fingerprint density at radius 1 is 1.42 bits per heavy atom. The molecule has 0 radical (unpaired) electrons. The van der Waals surface area contributed by atoms with Gasteiger partial charge in [0.15, 0.2) is 0 Å². The average Bonchev–Trinajstić information content (AvgIpc) is 2.62. The topological polar surface area (TPSA) is 53.1 Å². The zero-order valence-electron chi connectivity index (χ0n) is 11.2. The molecule has 0 saturated heterocycles. The predicted octanol–water partition coefficient (Wildman–Crippen LogP) is 2.57. The Bertz CT molecular complexity index is 566. The van der Waals surface area contributed by atoms with Crippen LogP contribution >= 0.6 is 15.9 Å². The molecule has 0 saturated carbocycles. The molecule has 0 aliphatic rings. The first kappa shape index (κ1) is 14.1. The summed E-state index contributed by atoms with van der Waals surface area (Å²) in [6.07, 6.45) is 0.867. The van der Waals surface area contributed by atoms with Gasteiger partial charge in [-0.05, 0) is 53.5 Å². The Morgan fingerprint density at radius 2 is 2.21 bits per heavy atom. The van der Waals surface area contributed by atoms with E-state index >= 15 is 0 Å². The molecule has 0 bridgehead atoms. The van der Waals surface area contributed by atoms with Crippen LogP contribution in [0.4, 0.5) is 0 Å². The molecule has 0 aliphatic carbocycles. The fourth-order valence-corrected chi connectivity index (χ4v) is 2.40. The van der Waals surface area contributed by atoms with E-state index in [1.165, 1.54) is 5.56 Å². The second kappa shape index (κ2) is 6.21. The van der Waals surface area contributed by atoms with E-state index in [0.717, 1.165) is 28.0 Å². The van der Waals surface area contributed by atoms with Crippen molar-refractivity contribution >= 4 is 15.9 Å². The van der Waals surface area contributed by atoms with E-state index in [9.17, 15) is 0 Å². The van der Waals surface area contributed by atoms with Crippen LogP contribution in [-0.2, 0) is 20.1 Å². The zero-order chi connectivity index (χ0) is 13.8. The van der Waals surface area contributed by atoms with E-state index < -0.39 is 0 Å². The molecule has 5 heteroatoms. The number of hydrogen-bond acceptors (Lipinski definition) is 3. The molecule has 2 aromatic rings. The van der Waals surface area contributed by atoms with E-state index in [-0.39, 0.29) is 0 Å². The molecule has 0 fully saturated rings. The van der Waals surface area contributed by atoms with Gasteiger partial charge in [0.25, 0.3) is 0 Å². The lowest BCUT2D eigenvalue weighted by Gasteiger charge is -2.08.